The summed E-state index contributed by atoms with van der Waals surface area (Å²) in [6.45, 7) is 34.2. The van der Waals surface area contributed by atoms with Crippen molar-refractivity contribution < 1.29 is 118 Å². The van der Waals surface area contributed by atoms with Gasteiger partial charge in [-0.2, -0.15) is 0 Å². The van der Waals surface area contributed by atoms with E-state index in [0.717, 1.165) is 122 Å². The van der Waals surface area contributed by atoms with Crippen LogP contribution in [0.15, 0.2) is 0 Å². The molecule has 42 unspecified atom stereocenters. The van der Waals surface area contributed by atoms with Gasteiger partial charge in [0, 0.05) is 13.0 Å². The summed E-state index contributed by atoms with van der Waals surface area (Å²) in [4.78, 5) is 114. The lowest BCUT2D eigenvalue weighted by Gasteiger charge is -2.40. The van der Waals surface area contributed by atoms with Gasteiger partial charge in [0.2, 0.25) is 0 Å². The molecule has 15 fully saturated rings. The van der Waals surface area contributed by atoms with Crippen molar-refractivity contribution in [2.75, 3.05) is 20.8 Å². The maximum absolute atomic E-state index is 11.6. The van der Waals surface area contributed by atoms with Gasteiger partial charge in [0.05, 0.1) is 109 Å². The van der Waals surface area contributed by atoms with Crippen LogP contribution in [0.2, 0.25) is 0 Å². The Morgan fingerprint density at radius 2 is 0.622 bits per heavy atom. The summed E-state index contributed by atoms with van der Waals surface area (Å²) in [5.74, 6) is 3.45. The molecule has 12 saturated carbocycles. The predicted octanol–water partition coefficient (Wildman–Crippen LogP) is 17.2. The number of hydrogen-bond acceptors (Lipinski definition) is 15. The molecule has 678 valence electrons. The van der Waals surface area contributed by atoms with E-state index in [-0.39, 0.29) is 47.9 Å². The van der Waals surface area contributed by atoms with Crippen LogP contribution in [0.3, 0.4) is 0 Å². The lowest BCUT2D eigenvalue weighted by Crippen LogP contribution is -2.43. The van der Waals surface area contributed by atoms with E-state index in [1.54, 1.807) is 21.0 Å². The average molecular weight is 1680 g/mol. The molecule has 15 aliphatic rings. The van der Waals surface area contributed by atoms with E-state index in [2.05, 4.69) is 67.1 Å². The molecule has 119 heavy (non-hydrogen) atoms. The van der Waals surface area contributed by atoms with Crippen molar-refractivity contribution in [2.45, 2.75) is 302 Å². The maximum Gasteiger partial charge on any atom is 0.312 e. The second-order valence-electron chi connectivity index (χ2n) is 39.6. The second kappa shape index (κ2) is 41.6. The third kappa shape index (κ3) is 18.5. The van der Waals surface area contributed by atoms with Crippen LogP contribution in [0, 0.1) is 213 Å². The summed E-state index contributed by atoms with van der Waals surface area (Å²) in [5.41, 5.74) is -0.415. The summed E-state index contributed by atoms with van der Waals surface area (Å²) in [6, 6.07) is 0. The van der Waals surface area contributed by atoms with E-state index in [1.165, 1.54) is 90.6 Å². The number of hydrogen-bond donors (Lipinski definition) is 9. The van der Waals surface area contributed by atoms with Gasteiger partial charge in [-0.05, 0) is 258 Å². The molecule has 12 aliphatic carbocycles. The van der Waals surface area contributed by atoms with E-state index < -0.39 is 125 Å². The standard InChI is InChI=1S/C16H24O4.2C16H26O2.C15H24O2.C11H18O5.C11H20O4.C10H16O5/c1-3-7-5-8(4-2)12-10-6-9(11(7)12)13(15(17)18)14(10)16(19)20;1-4-9-6-10(5-2)14-12-7-11(13(9)14)8-16(12,3)15(17)18;1-4-9-6-10(5-2)15-12-7-11(14(9)15)8(3)13(12)16(17)18;1-3-8-5-9(4-2)14-11-6-10(13(8)14)7-12(11)15(16)17;1-4-6-8(10(12)13)9(11(14)15-3)7(5-2)16-6;1-4-8-7(6-14-3)10(11(12)13)9(5-2)15-8;1-3-5-7(9(11)12)8(10(13)14)6(4-2)15-5/h7-14H,3-6H2,1-2H3,(H,17,18)(H,19,20);9-14H,4-8H2,1-3H3,(H,17,18);8-15H,4-7H2,1-3H3,(H,17,18);8-14H,3-7H2,1-2H3,(H,16,17);6-9H,4-5H2,1-3H3,(H,12,13);7-10H,4-6H2,1-3H3,(H,12,13);5-8H,3-4H2,1-2H3,(H,11,12)(H,13,14). The first-order valence-electron chi connectivity index (χ1n) is 47.1. The minimum absolute atomic E-state index is 0.00842. The van der Waals surface area contributed by atoms with Gasteiger partial charge in [-0.15, -0.1) is 0 Å². The van der Waals surface area contributed by atoms with Gasteiger partial charge in [0.15, 0.2) is 0 Å². The molecule has 0 spiro atoms. The molecule has 0 amide bonds. The van der Waals surface area contributed by atoms with E-state index in [1.807, 2.05) is 34.6 Å². The van der Waals surface area contributed by atoms with Crippen molar-refractivity contribution in [3.8, 4) is 0 Å². The fourth-order valence-corrected chi connectivity index (χ4v) is 30.8. The van der Waals surface area contributed by atoms with Gasteiger partial charge in [-0.3, -0.25) is 47.9 Å². The summed E-state index contributed by atoms with van der Waals surface area (Å²) < 4.78 is 26.5. The molecule has 3 aliphatic heterocycles. The molecule has 8 bridgehead atoms. The molecular weight excluding hydrogens is 1530 g/mol. The van der Waals surface area contributed by atoms with Crippen LogP contribution in [0.1, 0.15) is 265 Å². The number of fused-ring (bicyclic) bond motifs is 20. The number of rotatable bonds is 26. The number of esters is 1. The molecule has 0 radical (unpaired) electrons. The monoisotopic (exact) mass is 1680 g/mol. The number of carboxylic acid groups (broad SMARTS) is 9. The Bertz CT molecular complexity index is 3390. The number of ether oxygens (including phenoxy) is 5. The SMILES string of the molecule is CCC1CC(CC)C2C1C1CC2C(C)(C(=O)O)C1.CCC1CC(CC)C2C3CC(C(C(=O)O)C3C(=O)O)C12.CCC1CC(CC)C2C3CC(C(C)C3C(=O)O)C12.CCC1CC(CC)C2C3CC(CC3C(=O)O)C12.CCC1OC(CC)C(C(=O)O)C1C(=O)O.CCC1OC(CC)C(C(=O)O)C1COC.CCC1OC(CC)C(C(=O)OC)C1C(=O)O. The zero-order valence-corrected chi connectivity index (χ0v) is 75.0. The van der Waals surface area contributed by atoms with Crippen molar-refractivity contribution in [3.05, 3.63) is 0 Å². The summed E-state index contributed by atoms with van der Waals surface area (Å²) in [6.07, 6.45) is 23.5. The predicted molar refractivity (Wildman–Crippen MR) is 445 cm³/mol. The zero-order chi connectivity index (χ0) is 88.2. The molecule has 0 aromatic rings. The lowest BCUT2D eigenvalue weighted by atomic mass is 9.63. The molecule has 24 nitrogen and oxygen atoms in total. The highest BCUT2D eigenvalue weighted by Crippen LogP contribution is 2.72. The van der Waals surface area contributed by atoms with Gasteiger partial charge in [0.1, 0.15) is 0 Å². The Morgan fingerprint density at radius 3 is 0.966 bits per heavy atom. The van der Waals surface area contributed by atoms with Gasteiger partial charge < -0.3 is 69.6 Å². The average Bonchev–Trinajstić information content (AvgIpc) is 1.57. The normalized spacial score (nSPS) is 45.4. The Kier molecular flexibility index (Phi) is 34.0. The van der Waals surface area contributed by atoms with Crippen LogP contribution >= 0.6 is 0 Å². The van der Waals surface area contributed by atoms with E-state index in [0.29, 0.717) is 91.5 Å². The first-order chi connectivity index (χ1) is 56.5. The molecule has 3 saturated heterocycles. The van der Waals surface area contributed by atoms with Gasteiger partial charge >= 0.3 is 59.7 Å². The van der Waals surface area contributed by atoms with Crippen molar-refractivity contribution >= 4 is 59.7 Å². The van der Waals surface area contributed by atoms with Crippen molar-refractivity contribution in [1.82, 2.24) is 0 Å². The van der Waals surface area contributed by atoms with Crippen LogP contribution in [0.5, 0.6) is 0 Å². The fourth-order valence-electron chi connectivity index (χ4n) is 30.8. The third-order valence-corrected chi connectivity index (χ3v) is 35.4. The highest BCUT2D eigenvalue weighted by Gasteiger charge is 2.70. The topological polar surface area (TPSA) is 399 Å². The Labute approximate surface area is 708 Å². The zero-order valence-electron chi connectivity index (χ0n) is 75.0. The van der Waals surface area contributed by atoms with Gasteiger partial charge in [0.25, 0.3) is 0 Å². The number of aliphatic carboxylic acids is 9. The van der Waals surface area contributed by atoms with Crippen molar-refractivity contribution in [2.24, 2.45) is 213 Å². The van der Waals surface area contributed by atoms with Crippen LogP contribution in [-0.4, -0.2) is 163 Å². The third-order valence-electron chi connectivity index (χ3n) is 35.4. The van der Waals surface area contributed by atoms with Gasteiger partial charge in [-0.1, -0.05) is 155 Å². The fraction of sp³-hybridized carbons (Fsp3) is 0.895. The largest absolute Gasteiger partial charge is 0.481 e. The second-order valence-corrected chi connectivity index (χ2v) is 39.6. The van der Waals surface area contributed by atoms with Crippen molar-refractivity contribution in [1.29, 1.82) is 0 Å². The highest BCUT2D eigenvalue weighted by atomic mass is 16.5. The van der Waals surface area contributed by atoms with Gasteiger partial charge in [-0.25, -0.2) is 0 Å². The number of methoxy groups -OCH3 is 2. The van der Waals surface area contributed by atoms with Crippen LogP contribution in [0.4, 0.5) is 0 Å². The highest BCUT2D eigenvalue weighted by molar-refractivity contribution is 5.84. The summed E-state index contributed by atoms with van der Waals surface area (Å²) in [5, 5.41) is 83.8. The molecule has 9 N–H and O–H groups in total. The Balaban J connectivity index is 0.000000159. The smallest absolute Gasteiger partial charge is 0.312 e. The summed E-state index contributed by atoms with van der Waals surface area (Å²) >= 11 is 0. The van der Waals surface area contributed by atoms with Crippen LogP contribution < -0.4 is 0 Å². The minimum Gasteiger partial charge on any atom is -0.481 e. The molecule has 0 aromatic heterocycles. The molecule has 24 heteroatoms. The number of carboxylic acids is 9. The van der Waals surface area contributed by atoms with E-state index in [4.69, 9.17) is 34.3 Å². The number of carbonyl (C=O) groups is 10. The number of carbonyl (C=O) groups excluding carboxylic acids is 1. The first-order valence-corrected chi connectivity index (χ1v) is 47.1. The molecule has 15 rings (SSSR count). The molecular formula is C95H154O24. The van der Waals surface area contributed by atoms with Crippen molar-refractivity contribution in [3.63, 3.8) is 0 Å². The molecule has 0 aromatic carbocycles. The van der Waals surface area contributed by atoms with E-state index >= 15 is 0 Å². The first kappa shape index (κ1) is 97.3. The maximum atomic E-state index is 11.6. The quantitative estimate of drug-likeness (QED) is 0.0363. The lowest BCUT2D eigenvalue weighted by molar-refractivity contribution is -0.159. The molecule has 42 atom stereocenters. The Morgan fingerprint density at radius 1 is 0.311 bits per heavy atom. The van der Waals surface area contributed by atoms with Crippen LogP contribution in [-0.2, 0) is 71.6 Å². The summed E-state index contributed by atoms with van der Waals surface area (Å²) in [7, 11) is 2.87. The Hall–Kier alpha value is -5.46. The van der Waals surface area contributed by atoms with E-state index in [9.17, 15) is 78.6 Å². The molecule has 3 heterocycles. The minimum atomic E-state index is -1.08. The van der Waals surface area contributed by atoms with Crippen LogP contribution in [0.25, 0.3) is 0 Å².